The molecule has 2 heterocycles. The van der Waals surface area contributed by atoms with E-state index in [0.717, 1.165) is 11.3 Å². The van der Waals surface area contributed by atoms with Crippen molar-refractivity contribution in [1.82, 2.24) is 19.7 Å². The highest BCUT2D eigenvalue weighted by atomic mass is 35.5. The molecule has 0 atom stereocenters. The lowest BCUT2D eigenvalue weighted by Crippen LogP contribution is -2.15. The molecule has 4 aromatic rings. The lowest BCUT2D eigenvalue weighted by atomic mass is 10.0. The van der Waals surface area contributed by atoms with Gasteiger partial charge in [-0.05, 0) is 41.8 Å². The minimum atomic E-state index is -0.169. The number of aromatic nitrogens is 4. The highest BCUT2D eigenvalue weighted by Crippen LogP contribution is 2.32. The van der Waals surface area contributed by atoms with Crippen molar-refractivity contribution in [3.8, 4) is 17.1 Å². The first-order valence-electron chi connectivity index (χ1n) is 10.2. The molecule has 4 rings (SSSR count). The average molecular weight is 464 g/mol. The maximum absolute atomic E-state index is 12.6. The van der Waals surface area contributed by atoms with Crippen LogP contribution in [0.15, 0.2) is 78.2 Å². The molecule has 6 nitrogen and oxygen atoms in total. The monoisotopic (exact) mass is 463 g/mol. The van der Waals surface area contributed by atoms with Gasteiger partial charge in [0.25, 0.3) is 0 Å². The third-order valence-corrected chi connectivity index (χ3v) is 6.09. The largest absolute Gasteiger partial charge is 0.324 e. The van der Waals surface area contributed by atoms with Crippen LogP contribution in [0.2, 0.25) is 5.02 Å². The zero-order valence-corrected chi connectivity index (χ0v) is 19.3. The molecular formula is C24H22ClN5OS. The Morgan fingerprint density at radius 1 is 1.06 bits per heavy atom. The molecule has 8 heteroatoms. The van der Waals surface area contributed by atoms with E-state index in [4.69, 9.17) is 11.6 Å². The van der Waals surface area contributed by atoms with Crippen molar-refractivity contribution in [3.63, 3.8) is 0 Å². The number of halogens is 1. The van der Waals surface area contributed by atoms with Gasteiger partial charge >= 0.3 is 0 Å². The summed E-state index contributed by atoms with van der Waals surface area (Å²) in [7, 11) is 0. The molecule has 0 spiro atoms. The molecule has 162 valence electrons. The highest BCUT2D eigenvalue weighted by molar-refractivity contribution is 7.99. The van der Waals surface area contributed by atoms with Crippen LogP contribution in [0.25, 0.3) is 17.1 Å². The maximum atomic E-state index is 12.6. The van der Waals surface area contributed by atoms with Gasteiger partial charge in [-0.1, -0.05) is 67.5 Å². The van der Waals surface area contributed by atoms with Crippen LogP contribution >= 0.6 is 23.4 Å². The number of thioether (sulfide) groups is 1. The van der Waals surface area contributed by atoms with Gasteiger partial charge in [-0.2, -0.15) is 0 Å². The van der Waals surface area contributed by atoms with Crippen molar-refractivity contribution in [2.45, 2.75) is 24.9 Å². The van der Waals surface area contributed by atoms with E-state index in [1.165, 1.54) is 17.3 Å². The second kappa shape index (κ2) is 9.97. The predicted molar refractivity (Wildman–Crippen MR) is 129 cm³/mol. The van der Waals surface area contributed by atoms with Gasteiger partial charge in [0.15, 0.2) is 11.0 Å². The van der Waals surface area contributed by atoms with E-state index < -0.39 is 0 Å². The first kappa shape index (κ1) is 22.0. The van der Waals surface area contributed by atoms with E-state index in [9.17, 15) is 4.79 Å². The van der Waals surface area contributed by atoms with Gasteiger partial charge in [0, 0.05) is 18.0 Å². The molecule has 2 aromatic carbocycles. The summed E-state index contributed by atoms with van der Waals surface area (Å²) in [5, 5.41) is 12.8. The molecule has 1 N–H and O–H groups in total. The Morgan fingerprint density at radius 3 is 2.59 bits per heavy atom. The summed E-state index contributed by atoms with van der Waals surface area (Å²) in [5.41, 5.74) is 3.59. The number of hydrogen-bond donors (Lipinski definition) is 1. The minimum absolute atomic E-state index is 0.167. The smallest absolute Gasteiger partial charge is 0.234 e. The zero-order valence-electron chi connectivity index (χ0n) is 17.7. The fourth-order valence-electron chi connectivity index (χ4n) is 3.32. The van der Waals surface area contributed by atoms with Crippen LogP contribution in [0.5, 0.6) is 0 Å². The van der Waals surface area contributed by atoms with E-state index in [-0.39, 0.29) is 11.7 Å². The highest BCUT2D eigenvalue weighted by Gasteiger charge is 2.20. The van der Waals surface area contributed by atoms with Gasteiger partial charge < -0.3 is 5.32 Å². The zero-order chi connectivity index (χ0) is 22.5. The Balaban J connectivity index is 1.67. The summed E-state index contributed by atoms with van der Waals surface area (Å²) in [6.07, 6.45) is 3.48. The molecule has 0 aliphatic heterocycles. The first-order chi connectivity index (χ1) is 15.5. The number of anilines is 1. The number of pyridine rings is 1. The van der Waals surface area contributed by atoms with Crippen LogP contribution in [0, 0.1) is 0 Å². The van der Waals surface area contributed by atoms with Gasteiger partial charge in [0.05, 0.1) is 22.2 Å². The maximum Gasteiger partial charge on any atom is 0.234 e. The van der Waals surface area contributed by atoms with Crippen molar-refractivity contribution in [3.05, 3.63) is 83.6 Å². The number of nitrogens with one attached hydrogen (secondary N) is 1. The number of carbonyl (C=O) groups excluding carboxylic acids is 1. The number of nitrogens with zero attached hydrogens (tertiary/aromatic N) is 4. The summed E-state index contributed by atoms with van der Waals surface area (Å²) in [6, 6.07) is 19.1. The number of benzene rings is 2. The number of para-hydroxylation sites is 2. The molecule has 2 aromatic heterocycles. The molecule has 0 saturated heterocycles. The summed E-state index contributed by atoms with van der Waals surface area (Å²) >= 11 is 7.48. The van der Waals surface area contributed by atoms with Crippen LogP contribution in [0.3, 0.4) is 0 Å². The quantitative estimate of drug-likeness (QED) is 0.349. The van der Waals surface area contributed by atoms with Gasteiger partial charge in [-0.25, -0.2) is 0 Å². The lowest BCUT2D eigenvalue weighted by Gasteiger charge is -2.16. The van der Waals surface area contributed by atoms with Gasteiger partial charge in [-0.15, -0.1) is 10.2 Å². The second-order valence-corrected chi connectivity index (χ2v) is 8.76. The third kappa shape index (κ3) is 4.84. The van der Waals surface area contributed by atoms with E-state index in [2.05, 4.69) is 40.4 Å². The molecule has 0 bridgehead atoms. The normalized spacial score (nSPS) is 11.0. The first-order valence-corrected chi connectivity index (χ1v) is 11.5. The summed E-state index contributed by atoms with van der Waals surface area (Å²) in [4.78, 5) is 16.8. The fourth-order valence-corrected chi connectivity index (χ4v) is 4.25. The summed E-state index contributed by atoms with van der Waals surface area (Å²) in [5.74, 6) is 0.981. The van der Waals surface area contributed by atoms with Crippen LogP contribution < -0.4 is 5.32 Å². The number of amides is 1. The van der Waals surface area contributed by atoms with Gasteiger partial charge in [0.2, 0.25) is 5.91 Å². The van der Waals surface area contributed by atoms with E-state index >= 15 is 0 Å². The number of hydrogen-bond acceptors (Lipinski definition) is 5. The Bertz CT molecular complexity index is 1230. The molecule has 0 aliphatic carbocycles. The van der Waals surface area contributed by atoms with E-state index in [0.29, 0.717) is 27.6 Å². The van der Waals surface area contributed by atoms with Crippen LogP contribution in [0.1, 0.15) is 25.3 Å². The molecule has 0 radical (unpaired) electrons. The summed E-state index contributed by atoms with van der Waals surface area (Å²) in [6.45, 7) is 4.30. The topological polar surface area (TPSA) is 72.7 Å². The van der Waals surface area contributed by atoms with Gasteiger partial charge in [-0.3, -0.25) is 14.3 Å². The standard InChI is InChI=1S/C24H22ClN5OS/c1-16(2)18-9-3-6-12-21(18)30-23(17-8-7-13-26-14-17)28-29-24(30)32-15-22(31)27-20-11-5-4-10-19(20)25/h3-14,16H,15H2,1-2H3,(H,27,31). The Labute approximate surface area is 196 Å². The Kier molecular flexibility index (Phi) is 6.87. The molecule has 32 heavy (non-hydrogen) atoms. The molecular weight excluding hydrogens is 442 g/mol. The molecule has 1 amide bonds. The van der Waals surface area contributed by atoms with Crippen LogP contribution in [-0.4, -0.2) is 31.4 Å². The number of rotatable bonds is 7. The Hall–Kier alpha value is -3.16. The van der Waals surface area contributed by atoms with Crippen molar-refractivity contribution in [1.29, 1.82) is 0 Å². The molecule has 0 unspecified atom stereocenters. The molecule has 0 saturated carbocycles. The van der Waals surface area contributed by atoms with Crippen molar-refractivity contribution < 1.29 is 4.79 Å². The van der Waals surface area contributed by atoms with Crippen molar-refractivity contribution in [2.75, 3.05) is 11.1 Å². The summed E-state index contributed by atoms with van der Waals surface area (Å²) < 4.78 is 2.00. The van der Waals surface area contributed by atoms with E-state index in [1.54, 1.807) is 24.5 Å². The second-order valence-electron chi connectivity index (χ2n) is 7.41. The van der Waals surface area contributed by atoms with Crippen LogP contribution in [-0.2, 0) is 4.79 Å². The van der Waals surface area contributed by atoms with Crippen molar-refractivity contribution >= 4 is 35.0 Å². The lowest BCUT2D eigenvalue weighted by molar-refractivity contribution is -0.113. The average Bonchev–Trinajstić information content (AvgIpc) is 3.23. The number of carbonyl (C=O) groups is 1. The minimum Gasteiger partial charge on any atom is -0.324 e. The Morgan fingerprint density at radius 2 is 1.84 bits per heavy atom. The molecule has 0 aliphatic rings. The SMILES string of the molecule is CC(C)c1ccccc1-n1c(SCC(=O)Nc2ccccc2Cl)nnc1-c1cccnc1. The third-order valence-electron chi connectivity index (χ3n) is 4.83. The van der Waals surface area contributed by atoms with Gasteiger partial charge in [0.1, 0.15) is 0 Å². The van der Waals surface area contributed by atoms with E-state index in [1.807, 2.05) is 47.0 Å². The van der Waals surface area contributed by atoms with Crippen LogP contribution in [0.4, 0.5) is 5.69 Å². The molecule has 0 fully saturated rings. The van der Waals surface area contributed by atoms with Crippen molar-refractivity contribution in [2.24, 2.45) is 0 Å². The fraction of sp³-hybridized carbons (Fsp3) is 0.167. The predicted octanol–water partition coefficient (Wildman–Crippen LogP) is 5.84.